The number of carbonyl (C=O) groups is 2. The standard InChI is InChI=1S/C33H21NO2S2/c35-25-16-23-26-20-12-6-7-13-21(20)27(28(23)33(36)34(25)19-10-2-1-3-11-19)29-31(26)38-30-22-14-17-8-4-5-9-18(17)15-24(22)37-32(29)30/h1-15,23,26-28H,16H2/t23-,26+,27-,28?/m0/s1. The molecule has 2 amide bonds. The highest BCUT2D eigenvalue weighted by Gasteiger charge is 2.58. The van der Waals surface area contributed by atoms with Crippen LogP contribution < -0.4 is 4.90 Å². The maximum Gasteiger partial charge on any atom is 0.238 e. The number of rotatable bonds is 1. The summed E-state index contributed by atoms with van der Waals surface area (Å²) < 4.78 is 3.96. The third kappa shape index (κ3) is 2.58. The van der Waals surface area contributed by atoms with Crippen LogP contribution in [0.25, 0.3) is 30.3 Å². The van der Waals surface area contributed by atoms with Crippen LogP contribution in [0.1, 0.15) is 39.8 Å². The third-order valence-electron chi connectivity index (χ3n) is 8.92. The van der Waals surface area contributed by atoms with Crippen molar-refractivity contribution in [1.29, 1.82) is 0 Å². The molecule has 0 saturated carbocycles. The minimum Gasteiger partial charge on any atom is -0.274 e. The molecule has 4 aliphatic rings. The average molecular weight is 528 g/mol. The summed E-state index contributed by atoms with van der Waals surface area (Å²) in [6.45, 7) is 0. The van der Waals surface area contributed by atoms with Crippen LogP contribution >= 0.6 is 22.7 Å². The fourth-order valence-electron chi connectivity index (χ4n) is 7.45. The van der Waals surface area contributed by atoms with E-state index in [4.69, 9.17) is 0 Å². The highest BCUT2D eigenvalue weighted by Crippen LogP contribution is 2.65. The Hall–Kier alpha value is -3.80. The quantitative estimate of drug-likeness (QED) is 0.203. The number of fused-ring (bicyclic) bond motifs is 4. The summed E-state index contributed by atoms with van der Waals surface area (Å²) in [6.07, 6.45) is 0.400. The first-order valence-electron chi connectivity index (χ1n) is 13.1. The molecule has 3 heterocycles. The van der Waals surface area contributed by atoms with E-state index in [0.717, 1.165) is 0 Å². The minimum absolute atomic E-state index is 0.00205. The zero-order chi connectivity index (χ0) is 25.1. The van der Waals surface area contributed by atoms with Gasteiger partial charge in [-0.1, -0.05) is 66.7 Å². The topological polar surface area (TPSA) is 37.4 Å². The molecule has 3 nitrogen and oxygen atoms in total. The molecular formula is C33H21NO2S2. The summed E-state index contributed by atoms with van der Waals surface area (Å²) in [5.41, 5.74) is 4.60. The molecule has 1 aliphatic heterocycles. The van der Waals surface area contributed by atoms with Gasteiger partial charge in [-0.25, -0.2) is 0 Å². The summed E-state index contributed by atoms with van der Waals surface area (Å²) in [7, 11) is 0. The molecule has 1 saturated heterocycles. The lowest BCUT2D eigenvalue weighted by atomic mass is 9.54. The van der Waals surface area contributed by atoms with Gasteiger partial charge in [0.1, 0.15) is 0 Å². The van der Waals surface area contributed by atoms with E-state index in [1.807, 2.05) is 53.0 Å². The zero-order valence-electron chi connectivity index (χ0n) is 20.3. The second-order valence-electron chi connectivity index (χ2n) is 10.7. The number of hydrogen-bond donors (Lipinski definition) is 0. The summed E-state index contributed by atoms with van der Waals surface area (Å²) in [5, 5.41) is 3.82. The predicted molar refractivity (Wildman–Crippen MR) is 155 cm³/mol. The van der Waals surface area contributed by atoms with Crippen molar-refractivity contribution in [2.24, 2.45) is 11.8 Å². The Morgan fingerprint density at radius 2 is 1.39 bits per heavy atom. The van der Waals surface area contributed by atoms with Crippen molar-refractivity contribution >= 4 is 70.4 Å². The normalized spacial score (nSPS) is 23.7. The highest BCUT2D eigenvalue weighted by atomic mass is 32.1. The first-order valence-corrected chi connectivity index (χ1v) is 14.7. The molecule has 3 aliphatic carbocycles. The van der Waals surface area contributed by atoms with Gasteiger partial charge in [0.25, 0.3) is 0 Å². The van der Waals surface area contributed by atoms with Gasteiger partial charge < -0.3 is 0 Å². The van der Waals surface area contributed by atoms with Crippen LogP contribution in [0, 0.1) is 11.8 Å². The van der Waals surface area contributed by atoms with Crippen molar-refractivity contribution in [3.05, 3.63) is 113 Å². The van der Waals surface area contributed by atoms with Crippen molar-refractivity contribution < 1.29 is 9.59 Å². The minimum atomic E-state index is -0.234. The largest absolute Gasteiger partial charge is 0.274 e. The molecular weight excluding hydrogens is 507 g/mol. The van der Waals surface area contributed by atoms with Crippen molar-refractivity contribution in [3.63, 3.8) is 0 Å². The number of benzene rings is 4. The summed E-state index contributed by atoms with van der Waals surface area (Å²) in [4.78, 5) is 30.6. The zero-order valence-corrected chi connectivity index (χ0v) is 21.9. The molecule has 0 N–H and O–H groups in total. The second-order valence-corrected chi connectivity index (χ2v) is 12.8. The van der Waals surface area contributed by atoms with E-state index in [-0.39, 0.29) is 35.5 Å². The highest BCUT2D eigenvalue weighted by molar-refractivity contribution is 7.33. The number of para-hydroxylation sites is 1. The lowest BCUT2D eigenvalue weighted by molar-refractivity contribution is -0.136. The molecule has 2 aromatic heterocycles. The maximum atomic E-state index is 14.3. The lowest BCUT2D eigenvalue weighted by Crippen LogP contribution is -2.56. The molecule has 1 unspecified atom stereocenters. The summed E-state index contributed by atoms with van der Waals surface area (Å²) >= 11 is 3.77. The number of thiophene rings is 2. The Bertz CT molecular complexity index is 1980. The number of hydrogen-bond acceptors (Lipinski definition) is 4. The smallest absolute Gasteiger partial charge is 0.238 e. The van der Waals surface area contributed by atoms with Crippen LogP contribution in [-0.4, -0.2) is 11.8 Å². The molecule has 6 aromatic rings. The van der Waals surface area contributed by atoms with Gasteiger partial charge in [0.05, 0.1) is 21.0 Å². The Morgan fingerprint density at radius 3 is 2.18 bits per heavy atom. The van der Waals surface area contributed by atoms with Gasteiger partial charge in [-0.3, -0.25) is 14.5 Å². The Morgan fingerprint density at radius 1 is 0.711 bits per heavy atom. The third-order valence-corrected chi connectivity index (χ3v) is 11.6. The van der Waals surface area contributed by atoms with Gasteiger partial charge in [-0.2, -0.15) is 0 Å². The van der Waals surface area contributed by atoms with Crippen LogP contribution in [0.3, 0.4) is 0 Å². The van der Waals surface area contributed by atoms with Gasteiger partial charge >= 0.3 is 0 Å². The van der Waals surface area contributed by atoms with E-state index < -0.39 is 0 Å². The van der Waals surface area contributed by atoms with Gasteiger partial charge in [0.15, 0.2) is 0 Å². The van der Waals surface area contributed by atoms with Crippen LogP contribution in [0.4, 0.5) is 5.69 Å². The van der Waals surface area contributed by atoms with Crippen LogP contribution in [-0.2, 0) is 9.59 Å². The molecule has 4 aromatic carbocycles. The van der Waals surface area contributed by atoms with Gasteiger partial charge in [0, 0.05) is 33.2 Å². The van der Waals surface area contributed by atoms with Crippen LogP contribution in [0.15, 0.2) is 91.0 Å². The molecule has 5 heteroatoms. The Labute approximate surface area is 226 Å². The van der Waals surface area contributed by atoms with Crippen LogP contribution in [0.2, 0.25) is 0 Å². The molecule has 1 fully saturated rings. The van der Waals surface area contributed by atoms with Gasteiger partial charge in [-0.05, 0) is 57.6 Å². The Kier molecular flexibility index (Phi) is 4.12. The molecule has 4 atom stereocenters. The maximum absolute atomic E-state index is 14.3. The SMILES string of the molecule is O=C1C[C@@H]2C(C(=O)N1c1ccccc1)[C@@H]1c3ccccc3[C@H]2c2sc3c(sc4cc5ccccc5cc43)c21. The first-order chi connectivity index (χ1) is 18.7. The number of piperidine rings is 1. The van der Waals surface area contributed by atoms with E-state index >= 15 is 0 Å². The van der Waals surface area contributed by atoms with E-state index in [9.17, 15) is 9.59 Å². The van der Waals surface area contributed by atoms with E-state index in [1.165, 1.54) is 56.7 Å². The average Bonchev–Trinajstić information content (AvgIpc) is 3.48. The second kappa shape index (κ2) is 7.40. The number of nitrogens with zero attached hydrogens (tertiary/aromatic N) is 1. The van der Waals surface area contributed by atoms with Crippen molar-refractivity contribution in [2.45, 2.75) is 18.3 Å². The Balaban J connectivity index is 1.31. The first kappa shape index (κ1) is 21.2. The van der Waals surface area contributed by atoms with E-state index in [0.29, 0.717) is 12.1 Å². The van der Waals surface area contributed by atoms with Gasteiger partial charge in [-0.15, -0.1) is 22.7 Å². The number of anilines is 1. The number of carbonyl (C=O) groups excluding carboxylic acids is 2. The predicted octanol–water partition coefficient (Wildman–Crippen LogP) is 8.06. The molecule has 38 heavy (non-hydrogen) atoms. The summed E-state index contributed by atoms with van der Waals surface area (Å²) in [6, 6.07) is 31.3. The number of amides is 2. The monoisotopic (exact) mass is 527 g/mol. The number of imide groups is 1. The molecule has 182 valence electrons. The molecule has 0 spiro atoms. The fourth-order valence-corrected chi connectivity index (χ4v) is 10.5. The molecule has 0 radical (unpaired) electrons. The lowest BCUT2D eigenvalue weighted by Gasteiger charge is -2.51. The van der Waals surface area contributed by atoms with Crippen molar-refractivity contribution in [1.82, 2.24) is 0 Å². The molecule has 10 rings (SSSR count). The summed E-state index contributed by atoms with van der Waals surface area (Å²) in [5.74, 6) is -0.297. The van der Waals surface area contributed by atoms with Crippen molar-refractivity contribution in [2.75, 3.05) is 4.90 Å². The van der Waals surface area contributed by atoms with Crippen molar-refractivity contribution in [3.8, 4) is 0 Å². The molecule has 2 bridgehead atoms. The fraction of sp³-hybridized carbons (Fsp3) is 0.152. The van der Waals surface area contributed by atoms with E-state index in [1.54, 1.807) is 0 Å². The van der Waals surface area contributed by atoms with Crippen LogP contribution in [0.5, 0.6) is 0 Å². The van der Waals surface area contributed by atoms with Gasteiger partial charge in [0.2, 0.25) is 11.8 Å². The van der Waals surface area contributed by atoms with E-state index in [2.05, 4.69) is 60.7 Å².